The lowest BCUT2D eigenvalue weighted by Crippen LogP contribution is -2.11. The van der Waals surface area contributed by atoms with E-state index in [1.807, 2.05) is 30.5 Å². The van der Waals surface area contributed by atoms with E-state index in [1.165, 1.54) is 0 Å². The summed E-state index contributed by atoms with van der Waals surface area (Å²) >= 11 is 6.30. The van der Waals surface area contributed by atoms with Crippen molar-refractivity contribution >= 4 is 17.3 Å². The van der Waals surface area contributed by atoms with Crippen molar-refractivity contribution in [1.82, 2.24) is 9.78 Å². The molecular weight excluding hydrogens is 324 g/mol. The Bertz CT molecular complexity index is 838. The molecule has 0 fully saturated rings. The minimum absolute atomic E-state index is 0.504. The number of rotatable bonds is 6. The first kappa shape index (κ1) is 15.9. The van der Waals surface area contributed by atoms with Crippen LogP contribution in [0.2, 0.25) is 5.02 Å². The summed E-state index contributed by atoms with van der Waals surface area (Å²) in [6, 6.07) is 16.7. The summed E-state index contributed by atoms with van der Waals surface area (Å²) in [6.07, 6.45) is 3.56. The zero-order valence-corrected chi connectivity index (χ0v) is 13.6. The van der Waals surface area contributed by atoms with E-state index < -0.39 is 0 Å². The predicted octanol–water partition coefficient (Wildman–Crippen LogP) is 3.89. The van der Waals surface area contributed by atoms with Crippen LogP contribution in [-0.4, -0.2) is 22.9 Å². The third-order valence-corrected chi connectivity index (χ3v) is 3.68. The van der Waals surface area contributed by atoms with E-state index >= 15 is 0 Å². The van der Waals surface area contributed by atoms with Crippen LogP contribution < -0.4 is 10.1 Å². The molecule has 6 heteroatoms. The summed E-state index contributed by atoms with van der Waals surface area (Å²) in [4.78, 5) is 0. The van der Waals surface area contributed by atoms with E-state index in [0.29, 0.717) is 23.7 Å². The normalized spacial score (nSPS) is 10.2. The number of ether oxygens (including phenoxy) is 1. The van der Waals surface area contributed by atoms with Crippen LogP contribution in [0.4, 0.5) is 5.69 Å². The fourth-order valence-electron chi connectivity index (χ4n) is 2.20. The molecule has 0 radical (unpaired) electrons. The van der Waals surface area contributed by atoms with E-state index in [-0.39, 0.29) is 0 Å². The van der Waals surface area contributed by atoms with Crippen LogP contribution in [0, 0.1) is 11.3 Å². The Balaban J connectivity index is 1.51. The number of aromatic nitrogens is 2. The zero-order valence-electron chi connectivity index (χ0n) is 12.8. The number of hydrogen-bond acceptors (Lipinski definition) is 4. The van der Waals surface area contributed by atoms with Gasteiger partial charge in [-0.2, -0.15) is 10.4 Å². The van der Waals surface area contributed by atoms with Crippen LogP contribution in [0.5, 0.6) is 5.75 Å². The lowest BCUT2D eigenvalue weighted by atomic mass is 10.2. The predicted molar refractivity (Wildman–Crippen MR) is 93.7 cm³/mol. The van der Waals surface area contributed by atoms with Gasteiger partial charge in [-0.05, 0) is 48.5 Å². The molecule has 0 saturated carbocycles. The van der Waals surface area contributed by atoms with Crippen molar-refractivity contribution in [3.05, 3.63) is 71.5 Å². The molecule has 5 nitrogen and oxygen atoms in total. The molecule has 0 atom stereocenters. The van der Waals surface area contributed by atoms with Crippen LogP contribution in [0.25, 0.3) is 5.69 Å². The molecule has 24 heavy (non-hydrogen) atoms. The van der Waals surface area contributed by atoms with E-state index in [2.05, 4.69) is 16.5 Å². The molecule has 0 aliphatic rings. The lowest BCUT2D eigenvalue weighted by Gasteiger charge is -2.11. The quantitative estimate of drug-likeness (QED) is 0.693. The van der Waals surface area contributed by atoms with Gasteiger partial charge < -0.3 is 10.1 Å². The van der Waals surface area contributed by atoms with Crippen molar-refractivity contribution in [3.63, 3.8) is 0 Å². The Labute approximate surface area is 145 Å². The smallest absolute Gasteiger partial charge is 0.119 e. The van der Waals surface area contributed by atoms with Gasteiger partial charge in [0, 0.05) is 24.6 Å². The summed E-state index contributed by atoms with van der Waals surface area (Å²) in [6.45, 7) is 1.14. The van der Waals surface area contributed by atoms with Gasteiger partial charge in [-0.3, -0.25) is 0 Å². The standard InChI is InChI=1S/C18H15ClN4O/c19-17-12-15(4-7-18(17)23-10-1-8-22-23)21-9-11-24-16-5-2-14(13-20)3-6-16/h1-8,10,12,21H,9,11H2. The first-order chi connectivity index (χ1) is 11.8. The average molecular weight is 339 g/mol. The maximum Gasteiger partial charge on any atom is 0.119 e. The minimum atomic E-state index is 0.504. The fraction of sp³-hybridized carbons (Fsp3) is 0.111. The Morgan fingerprint density at radius 1 is 1.21 bits per heavy atom. The van der Waals surface area contributed by atoms with E-state index in [1.54, 1.807) is 35.1 Å². The molecule has 2 aromatic carbocycles. The first-order valence-corrected chi connectivity index (χ1v) is 7.80. The number of benzene rings is 2. The second-order valence-corrected chi connectivity index (χ2v) is 5.44. The van der Waals surface area contributed by atoms with Gasteiger partial charge in [0.05, 0.1) is 22.3 Å². The van der Waals surface area contributed by atoms with Crippen molar-refractivity contribution < 1.29 is 4.74 Å². The minimum Gasteiger partial charge on any atom is -0.492 e. The fourth-order valence-corrected chi connectivity index (χ4v) is 2.47. The molecule has 1 heterocycles. The van der Waals surface area contributed by atoms with Gasteiger partial charge in [0.25, 0.3) is 0 Å². The third kappa shape index (κ3) is 3.86. The molecular formula is C18H15ClN4O. The van der Waals surface area contributed by atoms with Crippen LogP contribution in [0.15, 0.2) is 60.9 Å². The highest BCUT2D eigenvalue weighted by Gasteiger charge is 2.04. The summed E-state index contributed by atoms with van der Waals surface area (Å²) in [5.74, 6) is 0.739. The second-order valence-electron chi connectivity index (χ2n) is 5.03. The largest absolute Gasteiger partial charge is 0.492 e. The lowest BCUT2D eigenvalue weighted by molar-refractivity contribution is 0.333. The van der Waals surface area contributed by atoms with Gasteiger partial charge in [0.1, 0.15) is 12.4 Å². The van der Waals surface area contributed by atoms with Gasteiger partial charge >= 0.3 is 0 Å². The van der Waals surface area contributed by atoms with E-state index in [4.69, 9.17) is 21.6 Å². The maximum absolute atomic E-state index is 8.75. The van der Waals surface area contributed by atoms with Crippen LogP contribution in [0.3, 0.4) is 0 Å². The Morgan fingerprint density at radius 3 is 2.71 bits per heavy atom. The molecule has 0 spiro atoms. The number of hydrogen-bond donors (Lipinski definition) is 1. The Hall–Kier alpha value is -2.97. The number of nitrogens with one attached hydrogen (secondary N) is 1. The highest BCUT2D eigenvalue weighted by atomic mass is 35.5. The molecule has 0 aliphatic heterocycles. The Kier molecular flexibility index (Phi) is 4.99. The summed E-state index contributed by atoms with van der Waals surface area (Å²) in [5.41, 5.74) is 2.37. The average Bonchev–Trinajstić information content (AvgIpc) is 3.14. The van der Waals surface area contributed by atoms with E-state index in [0.717, 1.165) is 17.1 Å². The molecule has 0 aliphatic carbocycles. The molecule has 0 bridgehead atoms. The van der Waals surface area contributed by atoms with Gasteiger partial charge in [0.2, 0.25) is 0 Å². The molecule has 1 N–H and O–H groups in total. The highest BCUT2D eigenvalue weighted by molar-refractivity contribution is 6.32. The Morgan fingerprint density at radius 2 is 2.04 bits per heavy atom. The summed E-state index contributed by atoms with van der Waals surface area (Å²) in [5, 5.41) is 16.8. The van der Waals surface area contributed by atoms with Gasteiger partial charge in [-0.15, -0.1) is 0 Å². The SMILES string of the molecule is N#Cc1ccc(OCCNc2ccc(-n3cccn3)c(Cl)c2)cc1. The van der Waals surface area contributed by atoms with Crippen molar-refractivity contribution in [2.24, 2.45) is 0 Å². The number of anilines is 1. The van der Waals surface area contributed by atoms with Crippen molar-refractivity contribution in [2.45, 2.75) is 0 Å². The number of nitrogens with zero attached hydrogens (tertiary/aromatic N) is 3. The number of nitriles is 1. The van der Waals surface area contributed by atoms with E-state index in [9.17, 15) is 0 Å². The van der Waals surface area contributed by atoms with Crippen molar-refractivity contribution in [3.8, 4) is 17.5 Å². The van der Waals surface area contributed by atoms with Crippen molar-refractivity contribution in [1.29, 1.82) is 5.26 Å². The van der Waals surface area contributed by atoms with Crippen LogP contribution in [-0.2, 0) is 0 Å². The molecule has 0 saturated heterocycles. The van der Waals surface area contributed by atoms with Crippen molar-refractivity contribution in [2.75, 3.05) is 18.5 Å². The van der Waals surface area contributed by atoms with Gasteiger partial charge in [0.15, 0.2) is 0 Å². The van der Waals surface area contributed by atoms with Crippen LogP contribution in [0.1, 0.15) is 5.56 Å². The maximum atomic E-state index is 8.75. The molecule has 0 amide bonds. The van der Waals surface area contributed by atoms with Gasteiger partial charge in [-0.25, -0.2) is 4.68 Å². The third-order valence-electron chi connectivity index (χ3n) is 3.38. The van der Waals surface area contributed by atoms with Gasteiger partial charge in [-0.1, -0.05) is 11.6 Å². The molecule has 120 valence electrons. The monoisotopic (exact) mass is 338 g/mol. The molecule has 0 unspecified atom stereocenters. The summed E-state index contributed by atoms with van der Waals surface area (Å²) in [7, 11) is 0. The summed E-state index contributed by atoms with van der Waals surface area (Å²) < 4.78 is 7.34. The topological polar surface area (TPSA) is 62.9 Å². The number of halogens is 1. The molecule has 3 aromatic rings. The van der Waals surface area contributed by atoms with Crippen LogP contribution >= 0.6 is 11.6 Å². The highest BCUT2D eigenvalue weighted by Crippen LogP contribution is 2.23. The zero-order chi connectivity index (χ0) is 16.8. The molecule has 3 rings (SSSR count). The first-order valence-electron chi connectivity index (χ1n) is 7.43. The second kappa shape index (κ2) is 7.53. The molecule has 1 aromatic heterocycles.